The highest BCUT2D eigenvalue weighted by molar-refractivity contribution is 5.86. The van der Waals surface area contributed by atoms with Gasteiger partial charge in [-0.2, -0.15) is 0 Å². The van der Waals surface area contributed by atoms with E-state index in [4.69, 9.17) is 4.74 Å². The first-order valence-electron chi connectivity index (χ1n) is 14.4. The molecule has 5 heteroatoms. The summed E-state index contributed by atoms with van der Waals surface area (Å²) in [4.78, 5) is 36.6. The average Bonchev–Trinajstić information content (AvgIpc) is 3.09. The Morgan fingerprint density at radius 3 is 2.41 bits per heavy atom. The molecule has 3 fully saturated rings. The molecular weight excluding hydrogens is 464 g/mol. The number of Topliss-reactive ketones (excluding diaryl/α,β-unsaturated/α-hetero) is 1. The Hall–Kier alpha value is -1.91. The molecule has 0 aliphatic heterocycles. The maximum atomic E-state index is 12.9. The number of carbonyl (C=O) groups excluding carboxylic acids is 2. The van der Waals surface area contributed by atoms with Crippen LogP contribution < -0.4 is 0 Å². The molecule has 1 N–H and O–H groups in total. The molecule has 0 saturated heterocycles. The Labute approximate surface area is 223 Å². The molecule has 0 aromatic rings. The average molecular weight is 513 g/mol. The maximum absolute atomic E-state index is 12.9. The molecule has 4 aliphatic carbocycles. The number of ether oxygens (including phenoxy) is 1. The number of hydrogen-bond donors (Lipinski definition) is 1. The Balaban J connectivity index is 1.73. The van der Waals surface area contributed by atoms with Crippen LogP contribution in [0.5, 0.6) is 0 Å². The third-order valence-electron chi connectivity index (χ3n) is 12.1. The summed E-state index contributed by atoms with van der Waals surface area (Å²) in [6.07, 6.45) is 11.4. The number of fused-ring (bicyclic) bond motifs is 5. The summed E-state index contributed by atoms with van der Waals surface area (Å²) in [5.74, 6) is 0.808. The zero-order chi connectivity index (χ0) is 27.6. The number of rotatable bonds is 6. The maximum Gasteiger partial charge on any atom is 0.330 e. The molecule has 4 rings (SSSR count). The van der Waals surface area contributed by atoms with Crippen LogP contribution in [-0.4, -0.2) is 28.9 Å². The summed E-state index contributed by atoms with van der Waals surface area (Å²) in [6, 6.07) is 0. The molecule has 37 heavy (non-hydrogen) atoms. The van der Waals surface area contributed by atoms with E-state index in [1.807, 2.05) is 6.08 Å². The van der Waals surface area contributed by atoms with Crippen LogP contribution in [0.15, 0.2) is 23.3 Å². The van der Waals surface area contributed by atoms with Crippen molar-refractivity contribution in [3.63, 3.8) is 0 Å². The van der Waals surface area contributed by atoms with Crippen LogP contribution >= 0.6 is 0 Å². The van der Waals surface area contributed by atoms with Gasteiger partial charge in [-0.15, -0.1) is 0 Å². The molecule has 0 aromatic heterocycles. The normalized spacial score (nSPS) is 41.7. The summed E-state index contributed by atoms with van der Waals surface area (Å²) in [5.41, 5.74) is 1.28. The first-order valence-corrected chi connectivity index (χ1v) is 14.4. The Morgan fingerprint density at radius 2 is 1.78 bits per heavy atom. The second-order valence-corrected chi connectivity index (χ2v) is 14.0. The van der Waals surface area contributed by atoms with Crippen LogP contribution in [0.2, 0.25) is 0 Å². The Kier molecular flexibility index (Phi) is 7.12. The van der Waals surface area contributed by atoms with Gasteiger partial charge >= 0.3 is 11.9 Å². The predicted molar refractivity (Wildman–Crippen MR) is 145 cm³/mol. The third kappa shape index (κ3) is 4.14. The van der Waals surface area contributed by atoms with E-state index >= 15 is 0 Å². The number of aliphatic carboxylic acids is 1. The second kappa shape index (κ2) is 9.38. The first-order chi connectivity index (χ1) is 17.1. The van der Waals surface area contributed by atoms with E-state index in [-0.39, 0.29) is 33.7 Å². The molecule has 5 nitrogen and oxygen atoms in total. The number of carboxylic acids is 1. The third-order valence-corrected chi connectivity index (χ3v) is 12.1. The van der Waals surface area contributed by atoms with Crippen molar-refractivity contribution in [2.45, 2.75) is 113 Å². The van der Waals surface area contributed by atoms with Crippen molar-refractivity contribution in [3.8, 4) is 0 Å². The van der Waals surface area contributed by atoms with Crippen LogP contribution in [0.1, 0.15) is 107 Å². The van der Waals surface area contributed by atoms with Crippen LogP contribution in [-0.2, 0) is 19.1 Å². The molecular formula is C32H48O5. The molecule has 0 spiro atoms. The van der Waals surface area contributed by atoms with Crippen LogP contribution in [0.4, 0.5) is 0 Å². The van der Waals surface area contributed by atoms with Gasteiger partial charge in [0.15, 0.2) is 0 Å². The largest absolute Gasteiger partial charge is 0.478 e. The van der Waals surface area contributed by atoms with E-state index in [2.05, 4.69) is 47.6 Å². The van der Waals surface area contributed by atoms with Crippen LogP contribution in [0.25, 0.3) is 0 Å². The van der Waals surface area contributed by atoms with Gasteiger partial charge in [-0.3, -0.25) is 9.59 Å². The summed E-state index contributed by atoms with van der Waals surface area (Å²) < 4.78 is 6.20. The van der Waals surface area contributed by atoms with Crippen molar-refractivity contribution in [3.05, 3.63) is 23.3 Å². The van der Waals surface area contributed by atoms with Crippen molar-refractivity contribution >= 4 is 17.7 Å². The Morgan fingerprint density at radius 1 is 1.11 bits per heavy atom. The van der Waals surface area contributed by atoms with Crippen molar-refractivity contribution in [2.75, 3.05) is 0 Å². The molecule has 4 aliphatic rings. The quantitative estimate of drug-likeness (QED) is 0.232. The van der Waals surface area contributed by atoms with Gasteiger partial charge in [0, 0.05) is 29.7 Å². The smallest absolute Gasteiger partial charge is 0.330 e. The minimum Gasteiger partial charge on any atom is -0.478 e. The fraction of sp³-hybridized carbons (Fsp3) is 0.781. The number of hydrogen-bond acceptors (Lipinski definition) is 4. The van der Waals surface area contributed by atoms with E-state index in [1.165, 1.54) is 12.5 Å². The number of allylic oxidation sites excluding steroid dienone is 2. The monoisotopic (exact) mass is 512 g/mol. The van der Waals surface area contributed by atoms with Gasteiger partial charge in [-0.25, -0.2) is 4.79 Å². The molecule has 0 aromatic carbocycles. The second-order valence-electron chi connectivity index (χ2n) is 14.0. The summed E-state index contributed by atoms with van der Waals surface area (Å²) in [7, 11) is 0. The van der Waals surface area contributed by atoms with Crippen molar-refractivity contribution in [2.24, 2.45) is 45.3 Å². The van der Waals surface area contributed by atoms with Gasteiger partial charge < -0.3 is 9.84 Å². The topological polar surface area (TPSA) is 80.7 Å². The molecule has 0 heterocycles. The zero-order valence-electron chi connectivity index (χ0n) is 24.3. The zero-order valence-corrected chi connectivity index (χ0v) is 24.3. The van der Waals surface area contributed by atoms with Gasteiger partial charge in [0.1, 0.15) is 11.9 Å². The minimum absolute atomic E-state index is 0.00251. The van der Waals surface area contributed by atoms with Crippen LogP contribution in [0.3, 0.4) is 0 Å². The van der Waals surface area contributed by atoms with E-state index in [9.17, 15) is 19.5 Å². The van der Waals surface area contributed by atoms with Crippen molar-refractivity contribution in [1.29, 1.82) is 0 Å². The molecule has 0 amide bonds. The van der Waals surface area contributed by atoms with Crippen molar-refractivity contribution in [1.82, 2.24) is 0 Å². The lowest BCUT2D eigenvalue weighted by Gasteiger charge is -2.64. The van der Waals surface area contributed by atoms with E-state index in [0.717, 1.165) is 44.9 Å². The molecule has 0 radical (unpaired) electrons. The fourth-order valence-electron chi connectivity index (χ4n) is 9.67. The number of carboxylic acid groups (broad SMARTS) is 1. The van der Waals surface area contributed by atoms with Gasteiger partial charge in [-0.05, 0) is 92.4 Å². The molecule has 0 bridgehead atoms. The molecule has 3 saturated carbocycles. The highest BCUT2D eigenvalue weighted by Gasteiger charge is 2.68. The molecule has 0 unspecified atom stereocenters. The highest BCUT2D eigenvalue weighted by Crippen LogP contribution is 2.73. The summed E-state index contributed by atoms with van der Waals surface area (Å²) in [5, 5.41) is 9.22. The van der Waals surface area contributed by atoms with Gasteiger partial charge in [-0.1, -0.05) is 53.2 Å². The highest BCUT2D eigenvalue weighted by atomic mass is 16.5. The lowest BCUT2D eigenvalue weighted by Crippen LogP contribution is -2.60. The van der Waals surface area contributed by atoms with Crippen molar-refractivity contribution < 1.29 is 24.2 Å². The minimum atomic E-state index is -0.857. The van der Waals surface area contributed by atoms with E-state index in [1.54, 1.807) is 6.92 Å². The van der Waals surface area contributed by atoms with E-state index < -0.39 is 5.97 Å². The first kappa shape index (κ1) is 28.1. The summed E-state index contributed by atoms with van der Waals surface area (Å²) in [6.45, 7) is 17.0. The molecule has 206 valence electrons. The molecule has 8 atom stereocenters. The van der Waals surface area contributed by atoms with Gasteiger partial charge in [0.25, 0.3) is 0 Å². The van der Waals surface area contributed by atoms with Crippen LogP contribution in [0, 0.1) is 45.3 Å². The number of carbonyl (C=O) groups is 3. The van der Waals surface area contributed by atoms with E-state index in [0.29, 0.717) is 41.4 Å². The lowest BCUT2D eigenvalue weighted by atomic mass is 9.41. The summed E-state index contributed by atoms with van der Waals surface area (Å²) >= 11 is 0. The fourth-order valence-corrected chi connectivity index (χ4v) is 9.67. The lowest BCUT2D eigenvalue weighted by molar-refractivity contribution is -0.168. The number of ketones is 1. The van der Waals surface area contributed by atoms with Gasteiger partial charge in [0.05, 0.1) is 0 Å². The predicted octanol–water partition coefficient (Wildman–Crippen LogP) is 7.15. The van der Waals surface area contributed by atoms with Gasteiger partial charge in [0.2, 0.25) is 0 Å². The standard InChI is InChI=1S/C32H48O5/c1-19(10-9-11-20(2)28(35)36)22-14-17-31(7)23-12-13-25-29(4,5)26(34)15-16-30(25,6)24(23)18-27(32(22,31)8)37-21(3)33/h11,18-19,22-23,25,27H,9-10,12-17H2,1-8H3,(H,35,36)/b20-11-/t19-,22-,23-,25-,27-,30-,31+,32+/m1/s1. The number of esters is 1. The Bertz CT molecular complexity index is 1040. The SMILES string of the molecule is CC(=O)O[C@@H]1C=C2[C@@H](CC[C@@H]3C(C)(C)C(=O)CC[C@]23C)[C@]2(C)CC[C@H]([C@H](C)CC/C=C(/C)C(=O)O)[C@@]12C.